The van der Waals surface area contributed by atoms with Crippen LogP contribution in [0, 0.1) is 0 Å². The maximum atomic E-state index is 11.5. The molecule has 0 spiro atoms. The first kappa shape index (κ1) is 13.0. The molecule has 2 aromatic rings. The number of hydrogen-bond acceptors (Lipinski definition) is 6. The highest BCUT2D eigenvalue weighted by Gasteiger charge is 2.18. The molecule has 0 atom stereocenters. The van der Waals surface area contributed by atoms with Crippen molar-refractivity contribution >= 4 is 6.16 Å². The summed E-state index contributed by atoms with van der Waals surface area (Å²) in [5.74, 6) is 0.363. The van der Waals surface area contributed by atoms with Crippen LogP contribution < -0.4 is 4.74 Å². The molecular formula is C12H14N4O3. The zero-order valence-corrected chi connectivity index (χ0v) is 10.9. The number of ether oxygens (including phenoxy) is 2. The summed E-state index contributed by atoms with van der Waals surface area (Å²) in [6.45, 7) is 5.31. The molecule has 7 nitrogen and oxygen atoms in total. The Morgan fingerprint density at radius 2 is 2.11 bits per heavy atom. The maximum absolute atomic E-state index is 11.5. The number of benzene rings is 1. The molecule has 7 heteroatoms. The molecule has 1 heterocycles. The van der Waals surface area contributed by atoms with Crippen molar-refractivity contribution in [2.75, 3.05) is 0 Å². The van der Waals surface area contributed by atoms with Gasteiger partial charge in [-0.15, -0.1) is 5.10 Å². The average Bonchev–Trinajstić information content (AvgIpc) is 2.79. The summed E-state index contributed by atoms with van der Waals surface area (Å²) in [6, 6.07) is 6.81. The van der Waals surface area contributed by atoms with Crippen molar-refractivity contribution in [3.05, 3.63) is 30.6 Å². The van der Waals surface area contributed by atoms with Gasteiger partial charge in [0.25, 0.3) is 0 Å². The Hall–Kier alpha value is -2.44. The number of aromatic nitrogens is 4. The van der Waals surface area contributed by atoms with Gasteiger partial charge in [-0.05, 0) is 43.3 Å². The molecule has 0 N–H and O–H groups in total. The fourth-order valence-electron chi connectivity index (χ4n) is 1.34. The first-order valence-corrected chi connectivity index (χ1v) is 5.68. The van der Waals surface area contributed by atoms with E-state index in [-0.39, 0.29) is 0 Å². The van der Waals surface area contributed by atoms with Gasteiger partial charge in [-0.3, -0.25) is 0 Å². The van der Waals surface area contributed by atoms with Crippen LogP contribution in [0.1, 0.15) is 20.8 Å². The molecule has 2 rings (SSSR count). The third kappa shape index (κ3) is 3.77. The summed E-state index contributed by atoms with van der Waals surface area (Å²) in [5, 5.41) is 10.8. The minimum Gasteiger partial charge on any atom is -0.428 e. The van der Waals surface area contributed by atoms with Crippen LogP contribution in [0.2, 0.25) is 0 Å². The molecule has 1 aromatic carbocycles. The van der Waals surface area contributed by atoms with Crippen LogP contribution in [0.3, 0.4) is 0 Å². The molecule has 0 radical (unpaired) electrons. The summed E-state index contributed by atoms with van der Waals surface area (Å²) < 4.78 is 11.6. The lowest BCUT2D eigenvalue weighted by molar-refractivity contribution is 0.0206. The lowest BCUT2D eigenvalue weighted by atomic mass is 10.2. The van der Waals surface area contributed by atoms with E-state index in [1.165, 1.54) is 11.0 Å². The second kappa shape index (κ2) is 5.05. The van der Waals surface area contributed by atoms with Gasteiger partial charge in [-0.2, -0.15) is 0 Å². The quantitative estimate of drug-likeness (QED) is 0.608. The van der Waals surface area contributed by atoms with E-state index in [1.54, 1.807) is 45.0 Å². The van der Waals surface area contributed by atoms with Crippen LogP contribution in [0.5, 0.6) is 5.75 Å². The molecule has 1 aromatic heterocycles. The van der Waals surface area contributed by atoms with E-state index in [9.17, 15) is 4.79 Å². The minimum atomic E-state index is -0.749. The summed E-state index contributed by atoms with van der Waals surface area (Å²) in [6.07, 6.45) is 0.702. The van der Waals surface area contributed by atoms with Crippen LogP contribution in [-0.2, 0) is 4.74 Å². The van der Waals surface area contributed by atoms with Crippen molar-refractivity contribution in [2.24, 2.45) is 0 Å². The Balaban J connectivity index is 2.10. The van der Waals surface area contributed by atoms with Gasteiger partial charge >= 0.3 is 6.16 Å². The van der Waals surface area contributed by atoms with Crippen LogP contribution in [0.15, 0.2) is 30.6 Å². The molecule has 19 heavy (non-hydrogen) atoms. The topological polar surface area (TPSA) is 79.1 Å². The molecule has 100 valence electrons. The Labute approximate surface area is 110 Å². The largest absolute Gasteiger partial charge is 0.514 e. The molecule has 0 amide bonds. The van der Waals surface area contributed by atoms with Crippen LogP contribution in [0.4, 0.5) is 4.79 Å². The fraction of sp³-hybridized carbons (Fsp3) is 0.333. The number of rotatable bonds is 2. The van der Waals surface area contributed by atoms with E-state index in [4.69, 9.17) is 9.47 Å². The summed E-state index contributed by atoms with van der Waals surface area (Å²) in [4.78, 5) is 11.5. The molecule has 0 aliphatic heterocycles. The van der Waals surface area contributed by atoms with Crippen molar-refractivity contribution < 1.29 is 14.3 Å². The van der Waals surface area contributed by atoms with Gasteiger partial charge in [0, 0.05) is 6.07 Å². The average molecular weight is 262 g/mol. The minimum absolute atomic E-state index is 0.363. The third-order valence-electron chi connectivity index (χ3n) is 2.02. The summed E-state index contributed by atoms with van der Waals surface area (Å²) in [7, 11) is 0. The van der Waals surface area contributed by atoms with Gasteiger partial charge in [0.2, 0.25) is 0 Å². The van der Waals surface area contributed by atoms with Crippen molar-refractivity contribution in [1.29, 1.82) is 0 Å². The van der Waals surface area contributed by atoms with Crippen molar-refractivity contribution in [2.45, 2.75) is 26.4 Å². The van der Waals surface area contributed by atoms with Gasteiger partial charge in [-0.1, -0.05) is 6.07 Å². The zero-order chi connectivity index (χ0) is 13.9. The Bertz CT molecular complexity index is 561. The monoisotopic (exact) mass is 262 g/mol. The summed E-state index contributed by atoms with van der Waals surface area (Å²) in [5.41, 5.74) is 0.0934. The van der Waals surface area contributed by atoms with Gasteiger partial charge in [0.15, 0.2) is 0 Å². The van der Waals surface area contributed by atoms with Crippen LogP contribution in [0.25, 0.3) is 5.69 Å². The molecule has 0 saturated heterocycles. The van der Waals surface area contributed by atoms with Crippen molar-refractivity contribution in [1.82, 2.24) is 20.2 Å². The van der Waals surface area contributed by atoms with E-state index in [2.05, 4.69) is 15.5 Å². The van der Waals surface area contributed by atoms with E-state index >= 15 is 0 Å². The smallest absolute Gasteiger partial charge is 0.428 e. The fourth-order valence-corrected chi connectivity index (χ4v) is 1.34. The lowest BCUT2D eigenvalue weighted by Crippen LogP contribution is -2.26. The zero-order valence-electron chi connectivity index (χ0n) is 10.9. The highest BCUT2D eigenvalue weighted by molar-refractivity contribution is 5.64. The van der Waals surface area contributed by atoms with Gasteiger partial charge < -0.3 is 9.47 Å². The lowest BCUT2D eigenvalue weighted by Gasteiger charge is -2.18. The standard InChI is InChI=1S/C12H14N4O3/c1-12(2,3)19-11(17)18-10-6-4-5-9(7-10)16-8-13-14-15-16/h4-8H,1-3H3. The second-order valence-corrected chi connectivity index (χ2v) is 4.82. The Morgan fingerprint density at radius 1 is 1.32 bits per heavy atom. The van der Waals surface area contributed by atoms with E-state index in [0.29, 0.717) is 11.4 Å². The maximum Gasteiger partial charge on any atom is 0.514 e. The van der Waals surface area contributed by atoms with E-state index < -0.39 is 11.8 Å². The summed E-state index contributed by atoms with van der Waals surface area (Å²) >= 11 is 0. The van der Waals surface area contributed by atoms with E-state index in [1.807, 2.05) is 0 Å². The number of tetrazole rings is 1. The normalized spacial score (nSPS) is 11.1. The van der Waals surface area contributed by atoms with Crippen LogP contribution in [-0.4, -0.2) is 32.0 Å². The molecular weight excluding hydrogens is 248 g/mol. The molecule has 0 fully saturated rings. The highest BCUT2D eigenvalue weighted by atomic mass is 16.7. The Morgan fingerprint density at radius 3 is 2.74 bits per heavy atom. The van der Waals surface area contributed by atoms with Crippen LogP contribution >= 0.6 is 0 Å². The number of carbonyl (C=O) groups is 1. The SMILES string of the molecule is CC(C)(C)OC(=O)Oc1cccc(-n2cnnn2)c1. The van der Waals surface area contributed by atoms with Gasteiger partial charge in [0.05, 0.1) is 5.69 Å². The first-order chi connectivity index (χ1) is 8.94. The molecule has 0 bridgehead atoms. The van der Waals surface area contributed by atoms with Crippen molar-refractivity contribution in [3.63, 3.8) is 0 Å². The number of nitrogens with zero attached hydrogens (tertiary/aromatic N) is 4. The molecule has 0 aliphatic rings. The van der Waals surface area contributed by atoms with E-state index in [0.717, 1.165) is 0 Å². The van der Waals surface area contributed by atoms with Gasteiger partial charge in [-0.25, -0.2) is 9.48 Å². The highest BCUT2D eigenvalue weighted by Crippen LogP contribution is 2.17. The molecule has 0 unspecified atom stereocenters. The number of hydrogen-bond donors (Lipinski definition) is 0. The Kier molecular flexibility index (Phi) is 3.46. The molecule has 0 aliphatic carbocycles. The molecule has 0 saturated carbocycles. The number of carbonyl (C=O) groups excluding carboxylic acids is 1. The predicted octanol–water partition coefficient (Wildman–Crippen LogP) is 1.98. The van der Waals surface area contributed by atoms with Gasteiger partial charge in [0.1, 0.15) is 17.7 Å². The van der Waals surface area contributed by atoms with Crippen molar-refractivity contribution in [3.8, 4) is 11.4 Å². The first-order valence-electron chi connectivity index (χ1n) is 5.68. The third-order valence-corrected chi connectivity index (χ3v) is 2.02. The predicted molar refractivity (Wildman–Crippen MR) is 66.0 cm³/mol. The second-order valence-electron chi connectivity index (χ2n) is 4.82.